The normalized spacial score (nSPS) is 11.2. The SMILES string of the molecule is CC(C)c1ccccc1-n1c(=O)ncc2ncccc21. The molecule has 0 amide bonds. The first kappa shape index (κ1) is 12.5. The minimum absolute atomic E-state index is 0.279. The van der Waals surface area contributed by atoms with Crippen LogP contribution < -0.4 is 5.69 Å². The molecule has 2 heterocycles. The fourth-order valence-corrected chi connectivity index (χ4v) is 2.39. The third-order valence-electron chi connectivity index (χ3n) is 3.35. The number of aromatic nitrogens is 3. The van der Waals surface area contributed by atoms with E-state index in [1.165, 1.54) is 6.20 Å². The maximum absolute atomic E-state index is 12.2. The summed E-state index contributed by atoms with van der Waals surface area (Å²) in [5.41, 5.74) is 3.20. The molecule has 2 aromatic heterocycles. The van der Waals surface area contributed by atoms with Gasteiger partial charge in [-0.1, -0.05) is 32.0 Å². The second-order valence-corrected chi connectivity index (χ2v) is 5.00. The van der Waals surface area contributed by atoms with Crippen LogP contribution in [0.15, 0.2) is 53.6 Å². The van der Waals surface area contributed by atoms with Crippen LogP contribution in [-0.2, 0) is 0 Å². The average molecular weight is 265 g/mol. The van der Waals surface area contributed by atoms with E-state index >= 15 is 0 Å². The summed E-state index contributed by atoms with van der Waals surface area (Å²) >= 11 is 0. The van der Waals surface area contributed by atoms with Crippen LogP contribution in [0, 0.1) is 0 Å². The monoisotopic (exact) mass is 265 g/mol. The van der Waals surface area contributed by atoms with Crippen molar-refractivity contribution in [1.82, 2.24) is 14.5 Å². The van der Waals surface area contributed by atoms with Crippen molar-refractivity contribution < 1.29 is 0 Å². The van der Waals surface area contributed by atoms with Crippen molar-refractivity contribution in [3.8, 4) is 5.69 Å². The molecule has 4 nitrogen and oxygen atoms in total. The average Bonchev–Trinajstić information content (AvgIpc) is 2.47. The Hall–Kier alpha value is -2.49. The van der Waals surface area contributed by atoms with Crippen molar-refractivity contribution in [2.24, 2.45) is 0 Å². The molecular formula is C16H15N3O. The van der Waals surface area contributed by atoms with Gasteiger partial charge < -0.3 is 0 Å². The van der Waals surface area contributed by atoms with E-state index in [0.717, 1.165) is 16.8 Å². The first-order valence-electron chi connectivity index (χ1n) is 6.60. The van der Waals surface area contributed by atoms with E-state index < -0.39 is 0 Å². The Morgan fingerprint density at radius 1 is 1.05 bits per heavy atom. The highest BCUT2D eigenvalue weighted by molar-refractivity contribution is 5.75. The highest BCUT2D eigenvalue weighted by Crippen LogP contribution is 2.23. The highest BCUT2D eigenvalue weighted by Gasteiger charge is 2.12. The summed E-state index contributed by atoms with van der Waals surface area (Å²) in [6, 6.07) is 11.6. The van der Waals surface area contributed by atoms with Crippen LogP contribution >= 0.6 is 0 Å². The van der Waals surface area contributed by atoms with E-state index in [1.54, 1.807) is 10.8 Å². The molecule has 0 N–H and O–H groups in total. The molecule has 0 aliphatic rings. The van der Waals surface area contributed by atoms with E-state index in [2.05, 4.69) is 23.8 Å². The first-order chi connectivity index (χ1) is 9.68. The number of hydrogen-bond donors (Lipinski definition) is 0. The summed E-state index contributed by atoms with van der Waals surface area (Å²) in [7, 11) is 0. The quantitative estimate of drug-likeness (QED) is 0.715. The maximum Gasteiger partial charge on any atom is 0.352 e. The van der Waals surface area contributed by atoms with Crippen LogP contribution in [0.2, 0.25) is 0 Å². The zero-order valence-corrected chi connectivity index (χ0v) is 11.4. The Bertz CT molecular complexity index is 821. The Labute approximate surface area is 116 Å². The van der Waals surface area contributed by atoms with Gasteiger partial charge in [0.25, 0.3) is 0 Å². The van der Waals surface area contributed by atoms with Gasteiger partial charge in [0.15, 0.2) is 0 Å². The summed E-state index contributed by atoms with van der Waals surface area (Å²) in [5, 5.41) is 0. The molecule has 0 bridgehead atoms. The summed E-state index contributed by atoms with van der Waals surface area (Å²) in [6.45, 7) is 4.22. The predicted octanol–water partition coefficient (Wildman–Crippen LogP) is 2.90. The zero-order valence-electron chi connectivity index (χ0n) is 11.4. The largest absolute Gasteiger partial charge is 0.352 e. The minimum atomic E-state index is -0.279. The van der Waals surface area contributed by atoms with Crippen molar-refractivity contribution in [3.05, 3.63) is 64.8 Å². The molecule has 0 unspecified atom stereocenters. The molecule has 0 saturated heterocycles. The molecular weight excluding hydrogens is 250 g/mol. The van der Waals surface area contributed by atoms with E-state index in [9.17, 15) is 4.79 Å². The van der Waals surface area contributed by atoms with Crippen LogP contribution in [0.1, 0.15) is 25.3 Å². The summed E-state index contributed by atoms with van der Waals surface area (Å²) in [4.78, 5) is 20.4. The molecule has 3 aromatic rings. The van der Waals surface area contributed by atoms with Gasteiger partial charge in [-0.2, -0.15) is 4.98 Å². The van der Waals surface area contributed by atoms with Gasteiger partial charge in [-0.25, -0.2) is 4.79 Å². The molecule has 0 atom stereocenters. The number of fused-ring (bicyclic) bond motifs is 1. The molecule has 0 fully saturated rings. The van der Waals surface area contributed by atoms with E-state index in [4.69, 9.17) is 0 Å². The van der Waals surface area contributed by atoms with Crippen LogP contribution in [0.5, 0.6) is 0 Å². The lowest BCUT2D eigenvalue weighted by Crippen LogP contribution is -2.22. The molecule has 1 aromatic carbocycles. The summed E-state index contributed by atoms with van der Waals surface area (Å²) in [5.74, 6) is 0.324. The van der Waals surface area contributed by atoms with Crippen molar-refractivity contribution in [2.75, 3.05) is 0 Å². The van der Waals surface area contributed by atoms with Gasteiger partial charge in [0.2, 0.25) is 0 Å². The number of para-hydroxylation sites is 1. The number of hydrogen-bond acceptors (Lipinski definition) is 3. The molecule has 0 aliphatic heterocycles. The molecule has 3 rings (SSSR count). The van der Waals surface area contributed by atoms with Crippen LogP contribution in [0.3, 0.4) is 0 Å². The molecule has 100 valence electrons. The molecule has 0 aliphatic carbocycles. The standard InChI is InChI=1S/C16H15N3O/c1-11(2)12-6-3-4-7-14(12)19-15-8-5-9-17-13(15)10-18-16(19)20/h3-11H,1-2H3. The van der Waals surface area contributed by atoms with E-state index in [0.29, 0.717) is 11.4 Å². The molecule has 0 spiro atoms. The smallest absolute Gasteiger partial charge is 0.259 e. The van der Waals surface area contributed by atoms with Gasteiger partial charge in [0, 0.05) is 6.20 Å². The minimum Gasteiger partial charge on any atom is -0.259 e. The molecule has 0 saturated carbocycles. The van der Waals surface area contributed by atoms with Gasteiger partial charge in [0.05, 0.1) is 17.4 Å². The lowest BCUT2D eigenvalue weighted by Gasteiger charge is -2.15. The number of benzene rings is 1. The van der Waals surface area contributed by atoms with Gasteiger partial charge >= 0.3 is 5.69 Å². The van der Waals surface area contributed by atoms with E-state index in [1.807, 2.05) is 36.4 Å². The lowest BCUT2D eigenvalue weighted by atomic mass is 10.0. The third kappa shape index (κ3) is 1.99. The third-order valence-corrected chi connectivity index (χ3v) is 3.35. The van der Waals surface area contributed by atoms with E-state index in [-0.39, 0.29) is 5.69 Å². The van der Waals surface area contributed by atoms with Crippen LogP contribution in [-0.4, -0.2) is 14.5 Å². The van der Waals surface area contributed by atoms with Crippen molar-refractivity contribution in [1.29, 1.82) is 0 Å². The van der Waals surface area contributed by atoms with Gasteiger partial charge in [-0.3, -0.25) is 9.55 Å². The number of nitrogens with zero attached hydrogens (tertiary/aromatic N) is 3. The zero-order chi connectivity index (χ0) is 14.1. The Morgan fingerprint density at radius 3 is 2.65 bits per heavy atom. The Morgan fingerprint density at radius 2 is 1.85 bits per heavy atom. The van der Waals surface area contributed by atoms with Gasteiger partial charge in [-0.05, 0) is 29.7 Å². The van der Waals surface area contributed by atoms with Gasteiger partial charge in [0.1, 0.15) is 5.52 Å². The summed E-state index contributed by atoms with van der Waals surface area (Å²) in [6.07, 6.45) is 3.22. The highest BCUT2D eigenvalue weighted by atomic mass is 16.1. The number of pyridine rings is 1. The second-order valence-electron chi connectivity index (χ2n) is 5.00. The Kier molecular flexibility index (Phi) is 3.06. The first-order valence-corrected chi connectivity index (χ1v) is 6.60. The molecule has 20 heavy (non-hydrogen) atoms. The van der Waals surface area contributed by atoms with Crippen molar-refractivity contribution in [2.45, 2.75) is 19.8 Å². The van der Waals surface area contributed by atoms with Crippen LogP contribution in [0.4, 0.5) is 0 Å². The number of rotatable bonds is 2. The maximum atomic E-state index is 12.2. The molecule has 4 heteroatoms. The van der Waals surface area contributed by atoms with Crippen molar-refractivity contribution >= 4 is 11.0 Å². The topological polar surface area (TPSA) is 47.8 Å². The lowest BCUT2D eigenvalue weighted by molar-refractivity contribution is 0.836. The molecule has 0 radical (unpaired) electrons. The summed E-state index contributed by atoms with van der Waals surface area (Å²) < 4.78 is 1.64. The van der Waals surface area contributed by atoms with Gasteiger partial charge in [-0.15, -0.1) is 0 Å². The van der Waals surface area contributed by atoms with Crippen LogP contribution in [0.25, 0.3) is 16.7 Å². The second kappa shape index (κ2) is 4.89. The fourth-order valence-electron chi connectivity index (χ4n) is 2.39. The van der Waals surface area contributed by atoms with Crippen molar-refractivity contribution in [3.63, 3.8) is 0 Å². The predicted molar refractivity (Wildman–Crippen MR) is 79.2 cm³/mol. The fraction of sp³-hybridized carbons (Fsp3) is 0.188. The Balaban J connectivity index is 2.41.